The van der Waals surface area contributed by atoms with Gasteiger partial charge in [0.2, 0.25) is 0 Å². The molecule has 0 rings (SSSR count). The zero-order valence-corrected chi connectivity index (χ0v) is 17.4. The van der Waals surface area contributed by atoms with Gasteiger partial charge in [-0.2, -0.15) is 0 Å². The smallest absolute Gasteiger partial charge is 0.190 e. The molecular weight excluding hydrogens is 280 g/mol. The fraction of sp³-hybridized carbons (Fsp3) is 1.00. The summed E-state index contributed by atoms with van der Waals surface area (Å²) in [5.74, 6) is 0. The lowest BCUT2D eigenvalue weighted by molar-refractivity contribution is 0.118. The lowest BCUT2D eigenvalue weighted by Gasteiger charge is -2.35. The van der Waals surface area contributed by atoms with Crippen molar-refractivity contribution in [3.63, 3.8) is 0 Å². The van der Waals surface area contributed by atoms with Gasteiger partial charge in [-0.25, -0.2) is 0 Å². The van der Waals surface area contributed by atoms with Gasteiger partial charge in [0, 0.05) is 11.7 Å². The zero-order chi connectivity index (χ0) is 16.0. The van der Waals surface area contributed by atoms with Crippen LogP contribution >= 0.6 is 0 Å². The Morgan fingerprint density at radius 2 is 1.35 bits per heavy atom. The third kappa shape index (κ3) is 8.60. The summed E-state index contributed by atoms with van der Waals surface area (Å²) in [6.07, 6.45) is 1.64. The highest BCUT2D eigenvalue weighted by Crippen LogP contribution is 2.29. The van der Waals surface area contributed by atoms with Gasteiger partial charge in [-0.1, -0.05) is 20.3 Å². The first-order chi connectivity index (χ1) is 8.95. The van der Waals surface area contributed by atoms with Crippen LogP contribution in [-0.2, 0) is 8.85 Å². The second-order valence-corrected chi connectivity index (χ2v) is 16.5. The summed E-state index contributed by atoms with van der Waals surface area (Å²) in [5, 5.41) is 0. The lowest BCUT2D eigenvalue weighted by Crippen LogP contribution is -2.42. The molecule has 0 aliphatic rings. The van der Waals surface area contributed by atoms with Crippen LogP contribution in [0.4, 0.5) is 0 Å². The van der Waals surface area contributed by atoms with Gasteiger partial charge in [-0.3, -0.25) is 0 Å². The first kappa shape index (κ1) is 20.4. The Kier molecular flexibility index (Phi) is 8.25. The van der Waals surface area contributed by atoms with E-state index in [0.29, 0.717) is 6.10 Å². The first-order valence-corrected chi connectivity index (χ1v) is 14.0. The molecule has 0 N–H and O–H groups in total. The molecule has 2 atom stereocenters. The molecule has 0 aliphatic heterocycles. The van der Waals surface area contributed by atoms with Crippen LogP contribution in [-0.4, -0.2) is 28.3 Å². The lowest BCUT2D eigenvalue weighted by atomic mass is 10.2. The maximum absolute atomic E-state index is 6.42. The standard InChI is InChI=1S/C16H38O2Si2/c1-10-19(8,17-15(3)4)13-12-14-20(9,11-2)18-16(5,6)7/h15H,10-14H2,1-9H3. The van der Waals surface area contributed by atoms with Crippen molar-refractivity contribution < 1.29 is 8.85 Å². The molecule has 0 saturated heterocycles. The maximum atomic E-state index is 6.42. The topological polar surface area (TPSA) is 18.5 Å². The van der Waals surface area contributed by atoms with E-state index >= 15 is 0 Å². The van der Waals surface area contributed by atoms with Gasteiger partial charge in [-0.15, -0.1) is 0 Å². The molecule has 0 saturated carbocycles. The molecule has 2 unspecified atom stereocenters. The van der Waals surface area contributed by atoms with E-state index in [1.54, 1.807) is 0 Å². The van der Waals surface area contributed by atoms with Gasteiger partial charge in [-0.05, 0) is 71.9 Å². The zero-order valence-electron chi connectivity index (χ0n) is 15.4. The molecule has 0 aliphatic carbocycles. The minimum absolute atomic E-state index is 0.00307. The van der Waals surface area contributed by atoms with Crippen molar-refractivity contribution in [1.29, 1.82) is 0 Å². The molecular formula is C16H38O2Si2. The van der Waals surface area contributed by atoms with Crippen molar-refractivity contribution in [3.8, 4) is 0 Å². The van der Waals surface area contributed by atoms with Gasteiger partial charge in [0.05, 0.1) is 0 Å². The van der Waals surface area contributed by atoms with E-state index in [2.05, 4.69) is 61.6 Å². The van der Waals surface area contributed by atoms with Crippen LogP contribution in [0.25, 0.3) is 0 Å². The van der Waals surface area contributed by atoms with E-state index in [-0.39, 0.29) is 5.60 Å². The average molecular weight is 319 g/mol. The Morgan fingerprint density at radius 1 is 0.900 bits per heavy atom. The third-order valence-corrected chi connectivity index (χ3v) is 11.9. The maximum Gasteiger partial charge on any atom is 0.190 e. The third-order valence-electron chi connectivity index (χ3n) is 3.98. The molecule has 0 fully saturated rings. The van der Waals surface area contributed by atoms with E-state index in [1.165, 1.54) is 30.6 Å². The highest BCUT2D eigenvalue weighted by Gasteiger charge is 2.34. The van der Waals surface area contributed by atoms with Gasteiger partial charge >= 0.3 is 0 Å². The monoisotopic (exact) mass is 318 g/mol. The largest absolute Gasteiger partial charge is 0.415 e. The van der Waals surface area contributed by atoms with Crippen LogP contribution in [0, 0.1) is 0 Å². The summed E-state index contributed by atoms with van der Waals surface area (Å²) in [6, 6.07) is 4.97. The van der Waals surface area contributed by atoms with Gasteiger partial charge < -0.3 is 8.85 Å². The van der Waals surface area contributed by atoms with E-state index < -0.39 is 16.6 Å². The Hall–Kier alpha value is 0.354. The van der Waals surface area contributed by atoms with Crippen LogP contribution < -0.4 is 0 Å². The van der Waals surface area contributed by atoms with Crippen molar-refractivity contribution >= 4 is 16.6 Å². The van der Waals surface area contributed by atoms with Crippen LogP contribution in [0.1, 0.15) is 54.9 Å². The average Bonchev–Trinajstić information content (AvgIpc) is 2.25. The van der Waals surface area contributed by atoms with Crippen LogP contribution in [0.2, 0.25) is 37.3 Å². The van der Waals surface area contributed by atoms with Crippen molar-refractivity contribution in [2.24, 2.45) is 0 Å². The molecule has 0 aromatic rings. The predicted molar refractivity (Wildman–Crippen MR) is 95.5 cm³/mol. The minimum atomic E-state index is -1.54. The van der Waals surface area contributed by atoms with E-state index in [0.717, 1.165) is 0 Å². The minimum Gasteiger partial charge on any atom is -0.415 e. The molecule has 0 bridgehead atoms. The molecule has 0 radical (unpaired) electrons. The summed E-state index contributed by atoms with van der Waals surface area (Å²) < 4.78 is 12.7. The molecule has 0 aromatic heterocycles. The molecule has 20 heavy (non-hydrogen) atoms. The van der Waals surface area contributed by atoms with E-state index in [9.17, 15) is 0 Å². The number of hydrogen-bond donors (Lipinski definition) is 0. The van der Waals surface area contributed by atoms with Gasteiger partial charge in [0.25, 0.3) is 0 Å². The van der Waals surface area contributed by atoms with Crippen LogP contribution in [0.3, 0.4) is 0 Å². The van der Waals surface area contributed by atoms with Crippen molar-refractivity contribution in [2.45, 2.75) is 104 Å². The molecule has 0 aromatic carbocycles. The van der Waals surface area contributed by atoms with Gasteiger partial charge in [0.1, 0.15) is 0 Å². The molecule has 2 nitrogen and oxygen atoms in total. The summed E-state index contributed by atoms with van der Waals surface area (Å²) in [7, 11) is -3.04. The Bertz CT molecular complexity index is 276. The molecule has 0 amide bonds. The van der Waals surface area contributed by atoms with Crippen LogP contribution in [0.15, 0.2) is 0 Å². The SMILES string of the molecule is CC[Si](C)(CCC[Si](C)(CC)OC(C)(C)C)OC(C)C. The molecule has 0 spiro atoms. The fourth-order valence-electron chi connectivity index (χ4n) is 2.76. The van der Waals surface area contributed by atoms with Crippen molar-refractivity contribution in [2.75, 3.05) is 0 Å². The number of rotatable bonds is 9. The Balaban J connectivity index is 4.43. The first-order valence-electron chi connectivity index (χ1n) is 8.33. The summed E-state index contributed by atoms with van der Waals surface area (Å²) in [4.78, 5) is 0. The molecule has 122 valence electrons. The van der Waals surface area contributed by atoms with Crippen molar-refractivity contribution in [1.82, 2.24) is 0 Å². The van der Waals surface area contributed by atoms with E-state index in [1.807, 2.05) is 0 Å². The molecule has 4 heteroatoms. The predicted octanol–water partition coefficient (Wildman–Crippen LogP) is 5.81. The quantitative estimate of drug-likeness (QED) is 0.500. The Labute approximate surface area is 129 Å². The molecule has 0 heterocycles. The summed E-state index contributed by atoms with van der Waals surface area (Å²) in [5.41, 5.74) is -0.00307. The normalized spacial score (nSPS) is 18.9. The summed E-state index contributed by atoms with van der Waals surface area (Å²) in [6.45, 7) is 20.2. The van der Waals surface area contributed by atoms with Crippen LogP contribution in [0.5, 0.6) is 0 Å². The summed E-state index contributed by atoms with van der Waals surface area (Å²) >= 11 is 0. The fourth-order valence-corrected chi connectivity index (χ4v) is 8.82. The Morgan fingerprint density at radius 3 is 1.70 bits per heavy atom. The highest BCUT2D eigenvalue weighted by atomic mass is 28.4. The number of hydrogen-bond acceptors (Lipinski definition) is 2. The second-order valence-electron chi connectivity index (χ2n) is 7.84. The highest BCUT2D eigenvalue weighted by molar-refractivity contribution is 6.74. The van der Waals surface area contributed by atoms with E-state index in [4.69, 9.17) is 8.85 Å². The second kappa shape index (κ2) is 8.11. The van der Waals surface area contributed by atoms with Crippen molar-refractivity contribution in [3.05, 3.63) is 0 Å². The van der Waals surface area contributed by atoms with Gasteiger partial charge in [0.15, 0.2) is 16.6 Å².